The summed E-state index contributed by atoms with van der Waals surface area (Å²) in [6, 6.07) is 9.43. The van der Waals surface area contributed by atoms with E-state index in [9.17, 15) is 22.4 Å². The van der Waals surface area contributed by atoms with Gasteiger partial charge in [-0.1, -0.05) is 12.1 Å². The van der Waals surface area contributed by atoms with E-state index < -0.39 is 40.2 Å². The minimum absolute atomic E-state index is 0.102. The predicted octanol–water partition coefficient (Wildman–Crippen LogP) is 4.72. The molecule has 1 N–H and O–H groups in total. The van der Waals surface area contributed by atoms with Gasteiger partial charge < -0.3 is 5.11 Å². The van der Waals surface area contributed by atoms with Crippen molar-refractivity contribution in [2.75, 3.05) is 0 Å². The van der Waals surface area contributed by atoms with Gasteiger partial charge in [-0.05, 0) is 44.2 Å². The Labute approximate surface area is 157 Å². The van der Waals surface area contributed by atoms with Gasteiger partial charge in [-0.25, -0.2) is 27.3 Å². The van der Waals surface area contributed by atoms with Gasteiger partial charge in [0.1, 0.15) is 5.69 Å². The zero-order valence-corrected chi connectivity index (χ0v) is 14.8. The first kappa shape index (κ1) is 19.5. The van der Waals surface area contributed by atoms with E-state index in [1.165, 1.54) is 24.3 Å². The molecule has 0 fully saturated rings. The third-order valence-electron chi connectivity index (χ3n) is 4.38. The van der Waals surface area contributed by atoms with E-state index in [4.69, 9.17) is 5.11 Å². The van der Waals surface area contributed by atoms with Crippen LogP contribution in [0.15, 0.2) is 42.5 Å². The molecule has 0 spiro atoms. The lowest BCUT2D eigenvalue weighted by Gasteiger charge is -2.24. The number of hydrogen-bond donors (Lipinski definition) is 1. The van der Waals surface area contributed by atoms with Crippen LogP contribution >= 0.6 is 0 Å². The number of rotatable bonds is 4. The Balaban J connectivity index is 2.11. The molecule has 3 rings (SSSR count). The molecule has 1 aromatic carbocycles. The van der Waals surface area contributed by atoms with Crippen LogP contribution in [0.5, 0.6) is 0 Å². The number of halogens is 4. The van der Waals surface area contributed by atoms with Gasteiger partial charge in [-0.3, -0.25) is 4.98 Å². The van der Waals surface area contributed by atoms with Crippen LogP contribution < -0.4 is 0 Å². The number of aromatic nitrogens is 2. The fourth-order valence-corrected chi connectivity index (χ4v) is 2.73. The maximum Gasteiger partial charge on any atom is 0.354 e. The lowest BCUT2D eigenvalue weighted by molar-refractivity contribution is 0.0690. The number of benzene rings is 1. The van der Waals surface area contributed by atoms with Crippen LogP contribution in [0.3, 0.4) is 0 Å². The van der Waals surface area contributed by atoms with Crippen LogP contribution in [0.1, 0.15) is 35.7 Å². The monoisotopic (exact) mass is 390 g/mol. The van der Waals surface area contributed by atoms with E-state index in [0.29, 0.717) is 17.5 Å². The van der Waals surface area contributed by atoms with E-state index in [0.717, 1.165) is 0 Å². The summed E-state index contributed by atoms with van der Waals surface area (Å²) in [5.41, 5.74) is -0.958. The summed E-state index contributed by atoms with van der Waals surface area (Å²) in [5.74, 6) is -8.09. The Morgan fingerprint density at radius 3 is 2.14 bits per heavy atom. The van der Waals surface area contributed by atoms with Gasteiger partial charge in [0, 0.05) is 11.0 Å². The van der Waals surface area contributed by atoms with E-state index in [1.54, 1.807) is 26.0 Å². The molecule has 28 heavy (non-hydrogen) atoms. The maximum atomic E-state index is 14.1. The number of carbonyl (C=O) groups is 1. The number of nitrogens with zero attached hydrogens (tertiary/aromatic N) is 2. The molecule has 0 atom stereocenters. The molecule has 0 aliphatic carbocycles. The molecular weight excluding hydrogens is 376 g/mol. The second-order valence-electron chi connectivity index (χ2n) is 6.59. The average molecular weight is 390 g/mol. The van der Waals surface area contributed by atoms with Crippen molar-refractivity contribution in [2.45, 2.75) is 19.3 Å². The first-order valence-electron chi connectivity index (χ1n) is 8.14. The van der Waals surface area contributed by atoms with E-state index >= 15 is 0 Å². The Morgan fingerprint density at radius 2 is 1.50 bits per heavy atom. The molecule has 0 unspecified atom stereocenters. The zero-order chi connectivity index (χ0) is 20.6. The maximum absolute atomic E-state index is 14.1. The third kappa shape index (κ3) is 3.33. The van der Waals surface area contributed by atoms with Crippen LogP contribution in [-0.2, 0) is 5.41 Å². The van der Waals surface area contributed by atoms with Crippen molar-refractivity contribution in [3.63, 3.8) is 0 Å². The Hall–Kier alpha value is -3.29. The van der Waals surface area contributed by atoms with E-state index in [-0.39, 0.29) is 11.4 Å². The third-order valence-corrected chi connectivity index (χ3v) is 4.38. The standard InChI is InChI=1S/C20H14F4N2O2/c1-20(2,15-8-4-6-13(26-15)19(27)28)14-7-3-5-12(25-14)10-9-11(21)17(23)18(24)16(10)22/h3-9H,1-2H3,(H,27,28). The second kappa shape index (κ2) is 7.03. The van der Waals surface area contributed by atoms with Crippen molar-refractivity contribution in [3.05, 3.63) is 82.8 Å². The smallest absolute Gasteiger partial charge is 0.354 e. The van der Waals surface area contributed by atoms with Gasteiger partial charge in [-0.2, -0.15) is 0 Å². The molecule has 3 aromatic rings. The molecule has 0 aliphatic heterocycles. The first-order valence-corrected chi connectivity index (χ1v) is 8.14. The highest BCUT2D eigenvalue weighted by Gasteiger charge is 2.28. The van der Waals surface area contributed by atoms with Gasteiger partial charge in [-0.15, -0.1) is 0 Å². The van der Waals surface area contributed by atoms with Crippen molar-refractivity contribution in [3.8, 4) is 11.3 Å². The van der Waals surface area contributed by atoms with Crippen LogP contribution in [-0.4, -0.2) is 21.0 Å². The van der Waals surface area contributed by atoms with Gasteiger partial charge in [0.05, 0.1) is 17.1 Å². The quantitative estimate of drug-likeness (QED) is 0.398. The molecule has 0 amide bonds. The van der Waals surface area contributed by atoms with Crippen LogP contribution in [0.4, 0.5) is 17.6 Å². The summed E-state index contributed by atoms with van der Waals surface area (Å²) in [5, 5.41) is 9.12. The number of hydrogen-bond acceptors (Lipinski definition) is 3. The molecule has 0 aliphatic rings. The van der Waals surface area contributed by atoms with Crippen molar-refractivity contribution in [1.29, 1.82) is 0 Å². The lowest BCUT2D eigenvalue weighted by atomic mass is 9.84. The Bertz CT molecular complexity index is 1080. The number of carboxylic acids is 1. The topological polar surface area (TPSA) is 63.1 Å². The average Bonchev–Trinajstić information content (AvgIpc) is 2.69. The summed E-state index contributed by atoms with van der Waals surface area (Å²) < 4.78 is 54.5. The van der Waals surface area contributed by atoms with Crippen molar-refractivity contribution in [2.24, 2.45) is 0 Å². The number of pyridine rings is 2. The second-order valence-corrected chi connectivity index (χ2v) is 6.59. The van der Waals surface area contributed by atoms with Crippen LogP contribution in [0.2, 0.25) is 0 Å². The molecule has 2 heterocycles. The Kier molecular flexibility index (Phi) is 4.89. The fraction of sp³-hybridized carbons (Fsp3) is 0.150. The largest absolute Gasteiger partial charge is 0.477 e. The SMILES string of the molecule is CC(C)(c1cccc(C(=O)O)n1)c1cccc(-c2cc(F)c(F)c(F)c2F)n1. The minimum Gasteiger partial charge on any atom is -0.477 e. The summed E-state index contributed by atoms with van der Waals surface area (Å²) in [6.45, 7) is 3.44. The molecule has 144 valence electrons. The molecule has 0 bridgehead atoms. The van der Waals surface area contributed by atoms with Crippen molar-refractivity contribution >= 4 is 5.97 Å². The van der Waals surface area contributed by atoms with Gasteiger partial charge in [0.2, 0.25) is 0 Å². The first-order chi connectivity index (χ1) is 13.1. The van der Waals surface area contributed by atoms with Gasteiger partial charge in [0.15, 0.2) is 23.3 Å². The molecular formula is C20H14F4N2O2. The molecule has 8 heteroatoms. The fourth-order valence-electron chi connectivity index (χ4n) is 2.73. The van der Waals surface area contributed by atoms with Gasteiger partial charge in [0.25, 0.3) is 0 Å². The van der Waals surface area contributed by atoms with E-state index in [2.05, 4.69) is 9.97 Å². The summed E-state index contributed by atoms with van der Waals surface area (Å²) in [7, 11) is 0. The Morgan fingerprint density at radius 1 is 0.893 bits per heavy atom. The summed E-state index contributed by atoms with van der Waals surface area (Å²) >= 11 is 0. The van der Waals surface area contributed by atoms with Crippen LogP contribution in [0.25, 0.3) is 11.3 Å². The summed E-state index contributed by atoms with van der Waals surface area (Å²) in [6.07, 6.45) is 0. The molecule has 4 nitrogen and oxygen atoms in total. The minimum atomic E-state index is -1.92. The number of carboxylic acid groups (broad SMARTS) is 1. The van der Waals surface area contributed by atoms with Crippen molar-refractivity contribution in [1.82, 2.24) is 9.97 Å². The highest BCUT2D eigenvalue weighted by atomic mass is 19.2. The molecule has 0 saturated carbocycles. The highest BCUT2D eigenvalue weighted by Crippen LogP contribution is 2.32. The molecule has 2 aromatic heterocycles. The molecule has 0 saturated heterocycles. The normalized spacial score (nSPS) is 11.5. The predicted molar refractivity (Wildman–Crippen MR) is 92.8 cm³/mol. The van der Waals surface area contributed by atoms with E-state index in [1.807, 2.05) is 0 Å². The lowest BCUT2D eigenvalue weighted by Crippen LogP contribution is -2.23. The number of aromatic carboxylic acids is 1. The van der Waals surface area contributed by atoms with Crippen LogP contribution in [0, 0.1) is 23.3 Å². The summed E-state index contributed by atoms with van der Waals surface area (Å²) in [4.78, 5) is 19.5. The van der Waals surface area contributed by atoms with Gasteiger partial charge >= 0.3 is 5.97 Å². The zero-order valence-electron chi connectivity index (χ0n) is 14.8. The van der Waals surface area contributed by atoms with Crippen molar-refractivity contribution < 1.29 is 27.5 Å². The highest BCUT2D eigenvalue weighted by molar-refractivity contribution is 5.85. The molecule has 0 radical (unpaired) electrons.